The molecule has 2 N–H and O–H groups in total. The average Bonchev–Trinajstić information content (AvgIpc) is 3.03. The molecule has 2 aliphatic rings. The topological polar surface area (TPSA) is 53.6 Å². The lowest BCUT2D eigenvalue weighted by atomic mass is 10.1. The number of nitrogens with zero attached hydrogens (tertiary/aromatic N) is 1. The Labute approximate surface area is 126 Å². The van der Waals surface area contributed by atoms with Crippen molar-refractivity contribution in [3.63, 3.8) is 0 Å². The minimum absolute atomic E-state index is 0.0403. The van der Waals surface area contributed by atoms with Crippen LogP contribution in [0.1, 0.15) is 11.1 Å². The maximum absolute atomic E-state index is 11.4. The molecule has 20 heavy (non-hydrogen) atoms. The molecule has 2 aliphatic heterocycles. The Hall–Kier alpha value is -1.27. The van der Waals surface area contributed by atoms with E-state index in [-0.39, 0.29) is 6.03 Å². The number of hydrogen-bond donors (Lipinski definition) is 2. The number of nitrogens with one attached hydrogen (secondary N) is 2. The Morgan fingerprint density at radius 1 is 1.45 bits per heavy atom. The Bertz CT molecular complexity index is 521. The monoisotopic (exact) mass is 339 g/mol. The van der Waals surface area contributed by atoms with Gasteiger partial charge in [0.15, 0.2) is 0 Å². The molecule has 108 valence electrons. The lowest BCUT2D eigenvalue weighted by Crippen LogP contribution is -2.34. The van der Waals surface area contributed by atoms with Crippen LogP contribution in [0.5, 0.6) is 5.75 Å². The molecule has 1 aromatic rings. The van der Waals surface area contributed by atoms with Crippen molar-refractivity contribution in [2.24, 2.45) is 0 Å². The van der Waals surface area contributed by atoms with Crippen molar-refractivity contribution >= 4 is 22.0 Å². The molecule has 0 atom stereocenters. The number of halogens is 1. The number of hydrogen-bond acceptors (Lipinski definition) is 3. The van der Waals surface area contributed by atoms with E-state index in [1.165, 1.54) is 11.1 Å². The van der Waals surface area contributed by atoms with Crippen LogP contribution in [0.15, 0.2) is 16.6 Å². The van der Waals surface area contributed by atoms with Gasteiger partial charge >= 0.3 is 6.03 Å². The summed E-state index contributed by atoms with van der Waals surface area (Å²) in [6.45, 7) is 4.61. The third-order valence-electron chi connectivity index (χ3n) is 3.64. The zero-order valence-corrected chi connectivity index (χ0v) is 12.8. The van der Waals surface area contributed by atoms with Crippen LogP contribution in [0.25, 0.3) is 0 Å². The number of benzene rings is 1. The Kier molecular flexibility index (Phi) is 4.12. The van der Waals surface area contributed by atoms with Gasteiger partial charge in [-0.15, -0.1) is 0 Å². The molecule has 0 radical (unpaired) electrons. The van der Waals surface area contributed by atoms with Crippen molar-refractivity contribution in [3.8, 4) is 5.75 Å². The highest BCUT2D eigenvalue weighted by Gasteiger charge is 2.19. The molecule has 3 rings (SSSR count). The van der Waals surface area contributed by atoms with Crippen LogP contribution >= 0.6 is 15.9 Å². The van der Waals surface area contributed by atoms with Crippen LogP contribution in [-0.2, 0) is 13.0 Å². The number of ether oxygens (including phenoxy) is 1. The summed E-state index contributed by atoms with van der Waals surface area (Å²) in [6, 6.07) is 4.26. The highest BCUT2D eigenvalue weighted by atomic mass is 79.9. The zero-order chi connectivity index (χ0) is 13.9. The fraction of sp³-hybridized carbons (Fsp3) is 0.500. The number of rotatable bonds is 5. The molecule has 6 heteroatoms. The summed E-state index contributed by atoms with van der Waals surface area (Å²) in [5.74, 6) is 1.03. The summed E-state index contributed by atoms with van der Waals surface area (Å²) in [7, 11) is 0. The molecular formula is C14H18BrN3O2. The molecule has 0 aromatic heterocycles. The maximum atomic E-state index is 11.4. The van der Waals surface area contributed by atoms with Crippen molar-refractivity contribution < 1.29 is 9.53 Å². The Balaban J connectivity index is 1.53. The fourth-order valence-corrected chi connectivity index (χ4v) is 3.19. The third-order valence-corrected chi connectivity index (χ3v) is 4.10. The van der Waals surface area contributed by atoms with Gasteiger partial charge in [0.05, 0.1) is 6.61 Å². The summed E-state index contributed by atoms with van der Waals surface area (Å²) < 4.78 is 6.79. The zero-order valence-electron chi connectivity index (χ0n) is 11.2. The molecule has 5 nitrogen and oxygen atoms in total. The van der Waals surface area contributed by atoms with Gasteiger partial charge < -0.3 is 20.3 Å². The van der Waals surface area contributed by atoms with Crippen LogP contribution in [0.2, 0.25) is 0 Å². The standard InChI is InChI=1S/C14H18BrN3O2/c15-12-7-10-1-6-20-13(10)11(8-12)9-16-2-4-18-5-3-17-14(18)19/h7-8,16H,1-6,9H2,(H,17,19). The quantitative estimate of drug-likeness (QED) is 0.799. The summed E-state index contributed by atoms with van der Waals surface area (Å²) in [4.78, 5) is 13.2. The first-order valence-electron chi connectivity index (χ1n) is 6.91. The largest absolute Gasteiger partial charge is 0.493 e. The minimum Gasteiger partial charge on any atom is -0.493 e. The first-order chi connectivity index (χ1) is 9.74. The van der Waals surface area contributed by atoms with Crippen molar-refractivity contribution in [2.75, 3.05) is 32.8 Å². The van der Waals surface area contributed by atoms with Crippen molar-refractivity contribution in [2.45, 2.75) is 13.0 Å². The predicted molar refractivity (Wildman–Crippen MR) is 80.0 cm³/mol. The molecule has 0 unspecified atom stereocenters. The van der Waals surface area contributed by atoms with Crippen molar-refractivity contribution in [3.05, 3.63) is 27.7 Å². The summed E-state index contributed by atoms with van der Waals surface area (Å²) in [5.41, 5.74) is 2.45. The number of urea groups is 1. The molecule has 0 aliphatic carbocycles. The first kappa shape index (κ1) is 13.7. The van der Waals surface area contributed by atoms with Gasteiger partial charge in [0, 0.05) is 49.2 Å². The van der Waals surface area contributed by atoms with E-state index >= 15 is 0 Å². The van der Waals surface area contributed by atoms with E-state index in [9.17, 15) is 4.79 Å². The van der Waals surface area contributed by atoms with E-state index in [0.29, 0.717) is 0 Å². The van der Waals surface area contributed by atoms with Crippen LogP contribution < -0.4 is 15.4 Å². The number of carbonyl (C=O) groups is 1. The Morgan fingerprint density at radius 3 is 3.15 bits per heavy atom. The number of amides is 2. The molecule has 0 saturated carbocycles. The molecule has 2 heterocycles. The van der Waals surface area contributed by atoms with E-state index in [4.69, 9.17) is 4.74 Å². The van der Waals surface area contributed by atoms with Crippen molar-refractivity contribution in [1.82, 2.24) is 15.5 Å². The number of fused-ring (bicyclic) bond motifs is 1. The summed E-state index contributed by atoms with van der Waals surface area (Å²) >= 11 is 3.54. The van der Waals surface area contributed by atoms with Crippen LogP contribution in [0.3, 0.4) is 0 Å². The highest BCUT2D eigenvalue weighted by molar-refractivity contribution is 9.10. The molecule has 0 bridgehead atoms. The van der Waals surface area contributed by atoms with Crippen LogP contribution in [-0.4, -0.2) is 43.7 Å². The van der Waals surface area contributed by atoms with Gasteiger partial charge in [0.1, 0.15) is 5.75 Å². The first-order valence-corrected chi connectivity index (χ1v) is 7.71. The molecule has 0 spiro atoms. The van der Waals surface area contributed by atoms with Gasteiger partial charge in [-0.3, -0.25) is 0 Å². The van der Waals surface area contributed by atoms with Crippen LogP contribution in [0.4, 0.5) is 4.79 Å². The van der Waals surface area contributed by atoms with Gasteiger partial charge in [-0.1, -0.05) is 15.9 Å². The highest BCUT2D eigenvalue weighted by Crippen LogP contribution is 2.32. The van der Waals surface area contributed by atoms with E-state index in [0.717, 1.165) is 56.0 Å². The minimum atomic E-state index is 0.0403. The van der Waals surface area contributed by atoms with Gasteiger partial charge in [0.2, 0.25) is 0 Å². The SMILES string of the molecule is O=C1NCCN1CCNCc1cc(Br)cc2c1OCC2. The second-order valence-electron chi connectivity index (χ2n) is 5.05. The Morgan fingerprint density at radius 2 is 2.35 bits per heavy atom. The summed E-state index contributed by atoms with van der Waals surface area (Å²) in [5, 5.41) is 6.19. The van der Waals surface area contributed by atoms with Crippen LogP contribution in [0, 0.1) is 0 Å². The molecule has 1 aromatic carbocycles. The second-order valence-corrected chi connectivity index (χ2v) is 5.96. The van der Waals surface area contributed by atoms with Gasteiger partial charge in [-0.25, -0.2) is 4.79 Å². The third kappa shape index (κ3) is 2.91. The second kappa shape index (κ2) is 6.01. The predicted octanol–water partition coefficient (Wildman–Crippen LogP) is 1.50. The average molecular weight is 340 g/mol. The number of carbonyl (C=O) groups excluding carboxylic acids is 1. The molecular weight excluding hydrogens is 322 g/mol. The lowest BCUT2D eigenvalue weighted by Gasteiger charge is -2.15. The molecule has 1 fully saturated rings. The molecule has 1 saturated heterocycles. The van der Waals surface area contributed by atoms with E-state index in [1.807, 2.05) is 4.90 Å². The smallest absolute Gasteiger partial charge is 0.317 e. The van der Waals surface area contributed by atoms with E-state index in [1.54, 1.807) is 0 Å². The van der Waals surface area contributed by atoms with Crippen molar-refractivity contribution in [1.29, 1.82) is 0 Å². The van der Waals surface area contributed by atoms with E-state index < -0.39 is 0 Å². The van der Waals surface area contributed by atoms with Gasteiger partial charge in [0.25, 0.3) is 0 Å². The lowest BCUT2D eigenvalue weighted by molar-refractivity contribution is 0.217. The van der Waals surface area contributed by atoms with E-state index in [2.05, 4.69) is 38.7 Å². The van der Waals surface area contributed by atoms with Gasteiger partial charge in [-0.05, 0) is 17.7 Å². The summed E-state index contributed by atoms with van der Waals surface area (Å²) in [6.07, 6.45) is 0.982. The normalized spacial score (nSPS) is 17.1. The molecule has 2 amide bonds. The maximum Gasteiger partial charge on any atom is 0.317 e. The van der Waals surface area contributed by atoms with Gasteiger partial charge in [-0.2, -0.15) is 0 Å². The fourth-order valence-electron chi connectivity index (χ4n) is 2.64.